The molecule has 0 radical (unpaired) electrons. The van der Waals surface area contributed by atoms with Crippen LogP contribution in [0.1, 0.15) is 5.56 Å². The Labute approximate surface area is 131 Å². The highest BCUT2D eigenvalue weighted by Crippen LogP contribution is 2.22. The average Bonchev–Trinajstić information content (AvgIpc) is 2.88. The van der Waals surface area contributed by atoms with Crippen LogP contribution < -0.4 is 11.2 Å². The highest BCUT2D eigenvalue weighted by molar-refractivity contribution is 9.10. The van der Waals surface area contributed by atoms with Gasteiger partial charge in [-0.1, -0.05) is 39.8 Å². The number of hydrogen-bond acceptors (Lipinski definition) is 4. The normalized spacial score (nSPS) is 11.1. The van der Waals surface area contributed by atoms with E-state index in [1.165, 1.54) is 16.3 Å². The minimum atomic E-state index is -0.470. The van der Waals surface area contributed by atoms with Crippen molar-refractivity contribution in [3.05, 3.63) is 55.1 Å². The van der Waals surface area contributed by atoms with Gasteiger partial charge in [-0.05, 0) is 17.7 Å². The summed E-state index contributed by atoms with van der Waals surface area (Å²) in [5.74, 6) is 0.713. The molecular formula is C13H11BrN4O2S. The summed E-state index contributed by atoms with van der Waals surface area (Å²) in [5, 5.41) is 0.608. The summed E-state index contributed by atoms with van der Waals surface area (Å²) in [6, 6.07) is 7.97. The van der Waals surface area contributed by atoms with Crippen molar-refractivity contribution in [2.75, 3.05) is 0 Å². The summed E-state index contributed by atoms with van der Waals surface area (Å²) in [6.07, 6.45) is 0. The number of halogens is 1. The molecule has 0 fully saturated rings. The number of rotatable bonds is 3. The maximum absolute atomic E-state index is 11.7. The number of thioether (sulfide) groups is 1. The molecule has 3 aromatic rings. The highest BCUT2D eigenvalue weighted by Gasteiger charge is 2.11. The molecule has 0 aliphatic carbocycles. The fourth-order valence-corrected chi connectivity index (χ4v) is 3.19. The van der Waals surface area contributed by atoms with Crippen molar-refractivity contribution >= 4 is 38.9 Å². The van der Waals surface area contributed by atoms with Crippen molar-refractivity contribution in [3.63, 3.8) is 0 Å². The summed E-state index contributed by atoms with van der Waals surface area (Å²) in [6.45, 7) is 0. The second-order valence-corrected chi connectivity index (χ2v) is 6.36. The SMILES string of the molecule is Cn1c(=O)[nH]c(=O)c2[nH]c(SCc3cccc(Br)c3)nc21. The van der Waals surface area contributed by atoms with E-state index in [0.29, 0.717) is 22.1 Å². The first-order valence-corrected chi connectivity index (χ1v) is 7.89. The van der Waals surface area contributed by atoms with Crippen molar-refractivity contribution in [2.24, 2.45) is 7.05 Å². The molecule has 2 heterocycles. The van der Waals surface area contributed by atoms with Gasteiger partial charge in [-0.15, -0.1) is 0 Å². The zero-order valence-corrected chi connectivity index (χ0v) is 13.4. The molecule has 0 unspecified atom stereocenters. The molecule has 8 heteroatoms. The molecule has 3 rings (SSSR count). The molecule has 2 N–H and O–H groups in total. The largest absolute Gasteiger partial charge is 0.329 e. The fourth-order valence-electron chi connectivity index (χ4n) is 1.93. The highest BCUT2D eigenvalue weighted by atomic mass is 79.9. The van der Waals surface area contributed by atoms with Gasteiger partial charge in [0.1, 0.15) is 0 Å². The molecule has 0 saturated heterocycles. The van der Waals surface area contributed by atoms with Crippen LogP contribution >= 0.6 is 27.7 Å². The first-order valence-electron chi connectivity index (χ1n) is 6.11. The summed E-state index contributed by atoms with van der Waals surface area (Å²) < 4.78 is 2.33. The van der Waals surface area contributed by atoms with Gasteiger partial charge in [0.25, 0.3) is 5.56 Å². The second kappa shape index (κ2) is 5.53. The lowest BCUT2D eigenvalue weighted by atomic mass is 10.2. The van der Waals surface area contributed by atoms with Crippen LogP contribution in [0.5, 0.6) is 0 Å². The smallest absolute Gasteiger partial charge is 0.327 e. The van der Waals surface area contributed by atoms with E-state index in [4.69, 9.17) is 0 Å². The van der Waals surface area contributed by atoms with Gasteiger partial charge in [-0.25, -0.2) is 9.78 Å². The van der Waals surface area contributed by atoms with E-state index in [0.717, 1.165) is 10.0 Å². The maximum Gasteiger partial charge on any atom is 0.329 e. The third kappa shape index (κ3) is 2.81. The quantitative estimate of drug-likeness (QED) is 0.694. The standard InChI is InChI=1S/C13H11BrN4O2S/c1-18-10-9(11(19)17-13(18)20)15-12(16-10)21-6-7-3-2-4-8(14)5-7/h2-5H,6H2,1H3,(H,15,16)(H,17,19,20). The van der Waals surface area contributed by atoms with E-state index < -0.39 is 11.2 Å². The van der Waals surface area contributed by atoms with E-state index in [1.54, 1.807) is 7.05 Å². The van der Waals surface area contributed by atoms with Crippen LogP contribution in [0.25, 0.3) is 11.2 Å². The lowest BCUT2D eigenvalue weighted by Gasteiger charge is -1.99. The number of benzene rings is 1. The molecule has 0 spiro atoms. The van der Waals surface area contributed by atoms with Gasteiger partial charge in [-0.2, -0.15) is 0 Å². The predicted molar refractivity (Wildman–Crippen MR) is 85.7 cm³/mol. The molecule has 0 bridgehead atoms. The van der Waals surface area contributed by atoms with Crippen LogP contribution in [0.4, 0.5) is 0 Å². The van der Waals surface area contributed by atoms with E-state index >= 15 is 0 Å². The van der Waals surface area contributed by atoms with Gasteiger partial charge in [0.15, 0.2) is 16.3 Å². The Bertz CT molecular complexity index is 928. The molecular weight excluding hydrogens is 356 g/mol. The minimum Gasteiger partial charge on any atom is -0.327 e. The molecule has 0 atom stereocenters. The lowest BCUT2D eigenvalue weighted by molar-refractivity contribution is 0.829. The topological polar surface area (TPSA) is 83.5 Å². The van der Waals surface area contributed by atoms with Gasteiger partial charge >= 0.3 is 5.69 Å². The third-order valence-corrected chi connectivity index (χ3v) is 4.44. The zero-order valence-electron chi connectivity index (χ0n) is 11.0. The Morgan fingerprint density at radius 2 is 2.14 bits per heavy atom. The Balaban J connectivity index is 1.92. The average molecular weight is 367 g/mol. The van der Waals surface area contributed by atoms with Crippen LogP contribution in [-0.2, 0) is 12.8 Å². The van der Waals surface area contributed by atoms with Crippen LogP contribution in [-0.4, -0.2) is 19.5 Å². The van der Waals surface area contributed by atoms with Crippen LogP contribution in [0, 0.1) is 0 Å². The number of fused-ring (bicyclic) bond motifs is 1. The second-order valence-electron chi connectivity index (χ2n) is 4.48. The number of aromatic nitrogens is 4. The fraction of sp³-hybridized carbons (Fsp3) is 0.154. The Hall–Kier alpha value is -1.80. The number of hydrogen-bond donors (Lipinski definition) is 2. The molecule has 108 valence electrons. The monoisotopic (exact) mass is 366 g/mol. The van der Waals surface area contributed by atoms with Crippen molar-refractivity contribution < 1.29 is 0 Å². The van der Waals surface area contributed by atoms with E-state index in [9.17, 15) is 9.59 Å². The van der Waals surface area contributed by atoms with Crippen LogP contribution in [0.2, 0.25) is 0 Å². The summed E-state index contributed by atoms with van der Waals surface area (Å²) in [4.78, 5) is 32.8. The van der Waals surface area contributed by atoms with E-state index in [-0.39, 0.29) is 0 Å². The number of aromatic amines is 2. The minimum absolute atomic E-state index is 0.314. The molecule has 1 aromatic carbocycles. The molecule has 2 aromatic heterocycles. The molecule has 0 saturated carbocycles. The predicted octanol–water partition coefficient (Wildman–Crippen LogP) is 2.00. The third-order valence-electron chi connectivity index (χ3n) is 3.00. The molecule has 0 amide bonds. The first kappa shape index (κ1) is 14.2. The number of nitrogens with one attached hydrogen (secondary N) is 2. The van der Waals surface area contributed by atoms with E-state index in [1.807, 2.05) is 24.3 Å². The Morgan fingerprint density at radius 1 is 1.33 bits per heavy atom. The summed E-state index contributed by atoms with van der Waals surface area (Å²) >= 11 is 4.90. The number of nitrogens with zero attached hydrogens (tertiary/aromatic N) is 2. The van der Waals surface area contributed by atoms with Crippen LogP contribution in [0.3, 0.4) is 0 Å². The first-order chi connectivity index (χ1) is 10.0. The van der Waals surface area contributed by atoms with Gasteiger partial charge in [0.05, 0.1) is 0 Å². The zero-order chi connectivity index (χ0) is 15.0. The van der Waals surface area contributed by atoms with E-state index in [2.05, 4.69) is 30.9 Å². The van der Waals surface area contributed by atoms with Crippen LogP contribution in [0.15, 0.2) is 43.5 Å². The number of H-pyrrole nitrogens is 2. The molecule has 6 nitrogen and oxygen atoms in total. The molecule has 21 heavy (non-hydrogen) atoms. The Morgan fingerprint density at radius 3 is 2.90 bits per heavy atom. The Kier molecular flexibility index (Phi) is 3.73. The number of imidazole rings is 1. The van der Waals surface area contributed by atoms with Crippen molar-refractivity contribution in [1.29, 1.82) is 0 Å². The maximum atomic E-state index is 11.7. The van der Waals surface area contributed by atoms with Gasteiger partial charge < -0.3 is 4.98 Å². The van der Waals surface area contributed by atoms with Gasteiger partial charge in [-0.3, -0.25) is 14.3 Å². The molecule has 0 aliphatic heterocycles. The van der Waals surface area contributed by atoms with Gasteiger partial charge in [0.2, 0.25) is 0 Å². The summed E-state index contributed by atoms with van der Waals surface area (Å²) in [5.41, 5.74) is 0.893. The van der Waals surface area contributed by atoms with Crippen molar-refractivity contribution in [2.45, 2.75) is 10.9 Å². The van der Waals surface area contributed by atoms with Gasteiger partial charge in [0, 0.05) is 17.3 Å². The van der Waals surface area contributed by atoms with Crippen molar-refractivity contribution in [1.82, 2.24) is 19.5 Å². The molecule has 0 aliphatic rings. The number of aryl methyl sites for hydroxylation is 1. The lowest BCUT2D eigenvalue weighted by Crippen LogP contribution is -2.28. The summed E-state index contributed by atoms with van der Waals surface area (Å²) in [7, 11) is 1.57. The van der Waals surface area contributed by atoms with Crippen molar-refractivity contribution in [3.8, 4) is 0 Å².